The summed E-state index contributed by atoms with van der Waals surface area (Å²) in [7, 11) is -1.26. The van der Waals surface area contributed by atoms with Gasteiger partial charge in [0.05, 0.1) is 19.1 Å². The van der Waals surface area contributed by atoms with Crippen molar-refractivity contribution in [1.29, 1.82) is 0 Å². The molecule has 0 fully saturated rings. The third-order valence-electron chi connectivity index (χ3n) is 2.13. The summed E-state index contributed by atoms with van der Waals surface area (Å²) in [5.74, 6) is -3.04. The van der Waals surface area contributed by atoms with Gasteiger partial charge in [-0.15, -0.1) is 0 Å². The molecule has 3 nitrogen and oxygen atoms in total. The zero-order chi connectivity index (χ0) is 11.6. The van der Waals surface area contributed by atoms with Gasteiger partial charge in [-0.05, 0) is 33.6 Å². The molecule has 0 N–H and O–H groups in total. The second-order valence-corrected chi connectivity index (χ2v) is 10.6. The van der Waals surface area contributed by atoms with Crippen LogP contribution in [0.25, 0.3) is 0 Å². The molecule has 0 radical (unpaired) electrons. The Hall–Kier alpha value is 0.380. The normalized spacial score (nSPS) is 17.9. The largest absolute Gasteiger partial charge is 0.329 e. The fourth-order valence-corrected chi connectivity index (χ4v) is 5.32. The molecule has 1 aromatic rings. The Morgan fingerprint density at radius 2 is 1.69 bits per heavy atom. The van der Waals surface area contributed by atoms with E-state index in [1.807, 2.05) is 24.3 Å². The maximum Gasteiger partial charge on any atom is 0.261 e. The van der Waals surface area contributed by atoms with Gasteiger partial charge in [0.2, 0.25) is 0 Å². The maximum absolute atomic E-state index is 11.3. The summed E-state index contributed by atoms with van der Waals surface area (Å²) < 4.78 is 22.3. The molecular formula is C9H10Cl2O3P2. The number of rotatable bonds is 2. The van der Waals surface area contributed by atoms with E-state index in [-0.39, 0.29) is 5.90 Å². The van der Waals surface area contributed by atoms with Gasteiger partial charge >= 0.3 is 0 Å². The fourth-order valence-electron chi connectivity index (χ4n) is 1.38. The average Bonchev–Trinajstić information content (AvgIpc) is 2.39. The van der Waals surface area contributed by atoms with Gasteiger partial charge in [-0.3, -0.25) is 4.57 Å². The van der Waals surface area contributed by atoms with Gasteiger partial charge in [-0.2, -0.15) is 0 Å². The van der Waals surface area contributed by atoms with Crippen LogP contribution in [-0.2, 0) is 26.8 Å². The Balaban J connectivity index is 2.05. The standard InChI is InChI=1S/C9H10Cl2O3P2/c10-16(11,12)7-15-13-5-8-3-1-2-4-9(8)6-14-15/h1-4H,5-7H2. The average molecular weight is 299 g/mol. The molecule has 1 aromatic carbocycles. The highest BCUT2D eigenvalue weighted by molar-refractivity contribution is 8.11. The Morgan fingerprint density at radius 1 is 1.19 bits per heavy atom. The first-order chi connectivity index (χ1) is 7.54. The van der Waals surface area contributed by atoms with Crippen molar-refractivity contribution in [3.63, 3.8) is 0 Å². The van der Waals surface area contributed by atoms with Crippen molar-refractivity contribution < 1.29 is 13.6 Å². The first-order valence-electron chi connectivity index (χ1n) is 4.63. The monoisotopic (exact) mass is 298 g/mol. The minimum absolute atomic E-state index is 0.0828. The number of benzene rings is 1. The SMILES string of the molecule is O=P(Cl)(Cl)CP1OCc2ccccc2CO1. The first kappa shape index (κ1) is 12.8. The van der Waals surface area contributed by atoms with Gasteiger partial charge in [0.25, 0.3) is 5.85 Å². The van der Waals surface area contributed by atoms with Crippen LogP contribution in [0.1, 0.15) is 11.1 Å². The number of halogens is 2. The van der Waals surface area contributed by atoms with Crippen LogP contribution in [0.2, 0.25) is 0 Å². The van der Waals surface area contributed by atoms with E-state index < -0.39 is 14.2 Å². The van der Waals surface area contributed by atoms with Gasteiger partial charge in [-0.1, -0.05) is 24.3 Å². The van der Waals surface area contributed by atoms with Crippen molar-refractivity contribution in [2.75, 3.05) is 5.90 Å². The predicted molar refractivity (Wildman–Crippen MR) is 67.1 cm³/mol. The Bertz CT molecular complexity index is 394. The van der Waals surface area contributed by atoms with Crippen molar-refractivity contribution >= 4 is 36.7 Å². The summed E-state index contributed by atoms with van der Waals surface area (Å²) in [5.41, 5.74) is 2.18. The van der Waals surface area contributed by atoms with Crippen LogP contribution < -0.4 is 0 Å². The van der Waals surface area contributed by atoms with E-state index in [9.17, 15) is 4.57 Å². The maximum atomic E-state index is 11.3. The van der Waals surface area contributed by atoms with Crippen molar-refractivity contribution in [3.8, 4) is 0 Å². The summed E-state index contributed by atoms with van der Waals surface area (Å²) >= 11 is 11.0. The number of hydrogen-bond donors (Lipinski definition) is 0. The van der Waals surface area contributed by atoms with E-state index in [1.54, 1.807) is 0 Å². The zero-order valence-electron chi connectivity index (χ0n) is 8.31. The smallest absolute Gasteiger partial charge is 0.261 e. The molecular weight excluding hydrogens is 289 g/mol. The van der Waals surface area contributed by atoms with E-state index in [0.717, 1.165) is 11.1 Å². The van der Waals surface area contributed by atoms with Crippen LogP contribution in [-0.4, -0.2) is 5.90 Å². The highest BCUT2D eigenvalue weighted by Crippen LogP contribution is 2.65. The Labute approximate surface area is 105 Å². The number of hydrogen-bond acceptors (Lipinski definition) is 3. The molecule has 0 unspecified atom stereocenters. The molecule has 0 aromatic heterocycles. The van der Waals surface area contributed by atoms with Crippen molar-refractivity contribution in [3.05, 3.63) is 35.4 Å². The van der Waals surface area contributed by atoms with E-state index in [2.05, 4.69) is 0 Å². The van der Waals surface area contributed by atoms with Gasteiger partial charge in [0.15, 0.2) is 8.38 Å². The van der Waals surface area contributed by atoms with Crippen LogP contribution in [0.4, 0.5) is 0 Å². The predicted octanol–water partition coefficient (Wildman–Crippen LogP) is 4.67. The summed E-state index contributed by atoms with van der Waals surface area (Å²) in [4.78, 5) is 0. The third-order valence-corrected chi connectivity index (χ3v) is 7.13. The van der Waals surface area contributed by atoms with Crippen molar-refractivity contribution in [2.24, 2.45) is 0 Å². The van der Waals surface area contributed by atoms with Gasteiger partial charge < -0.3 is 9.05 Å². The highest BCUT2D eigenvalue weighted by atomic mass is 35.9. The van der Waals surface area contributed by atoms with Crippen molar-refractivity contribution in [2.45, 2.75) is 13.2 Å². The fraction of sp³-hybridized carbons (Fsp3) is 0.333. The second-order valence-electron chi connectivity index (χ2n) is 3.36. The zero-order valence-corrected chi connectivity index (χ0v) is 11.6. The van der Waals surface area contributed by atoms with Gasteiger partial charge in [0.1, 0.15) is 0 Å². The van der Waals surface area contributed by atoms with Gasteiger partial charge in [-0.25, -0.2) is 0 Å². The molecule has 0 saturated carbocycles. The van der Waals surface area contributed by atoms with E-state index >= 15 is 0 Å². The molecule has 2 rings (SSSR count). The topological polar surface area (TPSA) is 35.5 Å². The molecule has 7 heteroatoms. The third kappa shape index (κ3) is 3.70. The molecule has 0 amide bonds. The minimum atomic E-state index is -3.13. The summed E-state index contributed by atoms with van der Waals surface area (Å²) in [5, 5.41) is 0. The Kier molecular flexibility index (Phi) is 4.29. The lowest BCUT2D eigenvalue weighted by Gasteiger charge is -2.13. The van der Waals surface area contributed by atoms with Crippen LogP contribution in [0.15, 0.2) is 24.3 Å². The highest BCUT2D eigenvalue weighted by Gasteiger charge is 2.26. The molecule has 88 valence electrons. The number of fused-ring (bicyclic) bond motifs is 1. The minimum Gasteiger partial charge on any atom is -0.329 e. The van der Waals surface area contributed by atoms with Crippen LogP contribution >= 0.6 is 36.7 Å². The van der Waals surface area contributed by atoms with Crippen molar-refractivity contribution in [1.82, 2.24) is 0 Å². The molecule has 0 spiro atoms. The molecule has 0 bridgehead atoms. The molecule has 16 heavy (non-hydrogen) atoms. The Morgan fingerprint density at radius 3 is 2.12 bits per heavy atom. The molecule has 1 heterocycles. The van der Waals surface area contributed by atoms with E-state index in [0.29, 0.717) is 13.2 Å². The lowest BCUT2D eigenvalue weighted by Crippen LogP contribution is -1.89. The summed E-state index contributed by atoms with van der Waals surface area (Å²) in [6.07, 6.45) is 0. The first-order valence-corrected chi connectivity index (χ1v) is 9.69. The van der Waals surface area contributed by atoms with Crippen LogP contribution in [0.3, 0.4) is 0 Å². The quantitative estimate of drug-likeness (QED) is 0.744. The molecule has 1 aliphatic heterocycles. The molecule has 0 aliphatic carbocycles. The van der Waals surface area contributed by atoms with Crippen LogP contribution in [0.5, 0.6) is 0 Å². The summed E-state index contributed by atoms with van der Waals surface area (Å²) in [6.45, 7) is 0.908. The molecule has 0 atom stereocenters. The van der Waals surface area contributed by atoms with E-state index in [1.165, 1.54) is 0 Å². The lowest BCUT2D eigenvalue weighted by atomic mass is 10.1. The van der Waals surface area contributed by atoms with E-state index in [4.69, 9.17) is 31.5 Å². The van der Waals surface area contributed by atoms with Gasteiger partial charge in [0, 0.05) is 0 Å². The lowest BCUT2D eigenvalue weighted by molar-refractivity contribution is 0.257. The summed E-state index contributed by atoms with van der Waals surface area (Å²) in [6, 6.07) is 7.87. The molecule has 1 aliphatic rings. The van der Waals surface area contributed by atoms with Crippen LogP contribution in [0, 0.1) is 0 Å². The molecule has 0 saturated heterocycles. The second kappa shape index (κ2) is 5.35.